The van der Waals surface area contributed by atoms with Crippen LogP contribution in [0, 0.1) is 0 Å². The maximum absolute atomic E-state index is 11.9. The first-order valence-corrected chi connectivity index (χ1v) is 24.4. The zero-order valence-electron chi connectivity index (χ0n) is 39.7. The summed E-state index contributed by atoms with van der Waals surface area (Å²) in [6.07, 6.45) is 40.3. The largest absolute Gasteiger partial charge is 0.466 e. The number of aliphatic hydroxyl groups excluding tert-OH is 12. The minimum absolute atomic E-state index is 0.0208. The van der Waals surface area contributed by atoms with Crippen molar-refractivity contribution >= 4 is 5.97 Å². The van der Waals surface area contributed by atoms with Crippen LogP contribution in [-0.4, -0.2) is 151 Å². The number of carbonyl (C=O) groups is 1. The molecule has 0 heterocycles. The van der Waals surface area contributed by atoms with Crippen molar-refractivity contribution in [3.8, 4) is 0 Å². The van der Waals surface area contributed by atoms with Crippen LogP contribution in [0.15, 0.2) is 12.2 Å². The summed E-state index contributed by atoms with van der Waals surface area (Å²) in [5.41, 5.74) is 0. The standard InChI is InChI=1S/C36H70O2.4C3H8O3/c1-3-5-7-9-11-13-15-17-19-21-23-25-27-29-31-33-35-38-36(37)34-32-30-28-26-24-22-20-18-16-14-12-10-8-6-4-2;4*4-1-3(6)2-5/h17,19H,3-16,18,20-35H2,1-2H3;4*3-6H,1-2H2. The Morgan fingerprint density at radius 1 is 0.355 bits per heavy atom. The molecule has 0 fully saturated rings. The van der Waals surface area contributed by atoms with Crippen molar-refractivity contribution in [2.24, 2.45) is 0 Å². The molecule has 0 aliphatic heterocycles. The van der Waals surface area contributed by atoms with E-state index in [9.17, 15) is 4.79 Å². The molecule has 0 bridgehead atoms. The van der Waals surface area contributed by atoms with E-state index < -0.39 is 24.4 Å². The fraction of sp³-hybridized carbons (Fsp3) is 0.938. The van der Waals surface area contributed by atoms with Gasteiger partial charge in [-0.05, 0) is 38.5 Å². The Balaban J connectivity index is -0.000000361. The highest BCUT2D eigenvalue weighted by molar-refractivity contribution is 5.69. The zero-order chi connectivity index (χ0) is 47.6. The highest BCUT2D eigenvalue weighted by Crippen LogP contribution is 2.14. The topological polar surface area (TPSA) is 269 Å². The van der Waals surface area contributed by atoms with E-state index in [-0.39, 0.29) is 58.8 Å². The molecule has 0 saturated carbocycles. The van der Waals surface area contributed by atoms with E-state index in [1.165, 1.54) is 173 Å². The molecule has 0 rings (SSSR count). The lowest BCUT2D eigenvalue weighted by atomic mass is 10.0. The molecule has 0 amide bonds. The van der Waals surface area contributed by atoms with Gasteiger partial charge < -0.3 is 66.0 Å². The van der Waals surface area contributed by atoms with Crippen molar-refractivity contribution in [3.63, 3.8) is 0 Å². The molecule has 378 valence electrons. The number of hydrogen-bond acceptors (Lipinski definition) is 14. The van der Waals surface area contributed by atoms with Crippen LogP contribution in [-0.2, 0) is 9.53 Å². The molecule has 0 aromatic rings. The fourth-order valence-corrected chi connectivity index (χ4v) is 5.48. The molecule has 14 heteroatoms. The minimum atomic E-state index is -0.954. The Hall–Kier alpha value is -1.27. The summed E-state index contributed by atoms with van der Waals surface area (Å²) in [5, 5.41) is 96.1. The fourth-order valence-electron chi connectivity index (χ4n) is 5.48. The molecule has 62 heavy (non-hydrogen) atoms. The number of carbonyl (C=O) groups excluding carboxylic acids is 1. The first-order chi connectivity index (χ1) is 30.0. The van der Waals surface area contributed by atoms with Gasteiger partial charge in [0.05, 0.1) is 59.5 Å². The van der Waals surface area contributed by atoms with Crippen molar-refractivity contribution < 1.29 is 70.8 Å². The van der Waals surface area contributed by atoms with Crippen molar-refractivity contribution in [2.75, 3.05) is 59.5 Å². The second kappa shape index (κ2) is 66.3. The van der Waals surface area contributed by atoms with E-state index in [1.54, 1.807) is 0 Å². The average Bonchev–Trinajstić information content (AvgIpc) is 3.30. The number of rotatable bonds is 40. The molecule has 0 radical (unpaired) electrons. The Bertz CT molecular complexity index is 737. The summed E-state index contributed by atoms with van der Waals surface area (Å²) in [6.45, 7) is 2.28. The maximum atomic E-state index is 11.9. The molecule has 0 aromatic heterocycles. The van der Waals surface area contributed by atoms with E-state index in [2.05, 4.69) is 26.0 Å². The van der Waals surface area contributed by atoms with Crippen molar-refractivity contribution in [1.82, 2.24) is 0 Å². The van der Waals surface area contributed by atoms with Gasteiger partial charge in [-0.1, -0.05) is 174 Å². The van der Waals surface area contributed by atoms with Gasteiger partial charge in [-0.15, -0.1) is 0 Å². The predicted octanol–water partition coefficient (Wildman–Crippen LogP) is 6.16. The maximum Gasteiger partial charge on any atom is 0.305 e. The van der Waals surface area contributed by atoms with E-state index in [4.69, 9.17) is 66.0 Å². The summed E-state index contributed by atoms with van der Waals surface area (Å²) in [6, 6.07) is 0. The lowest BCUT2D eigenvalue weighted by molar-refractivity contribution is -0.143. The third-order valence-corrected chi connectivity index (χ3v) is 9.59. The lowest BCUT2D eigenvalue weighted by Gasteiger charge is -2.05. The zero-order valence-corrected chi connectivity index (χ0v) is 39.7. The van der Waals surface area contributed by atoms with Gasteiger partial charge in [0.15, 0.2) is 0 Å². The van der Waals surface area contributed by atoms with E-state index in [0.717, 1.165) is 12.8 Å². The Morgan fingerprint density at radius 3 is 0.823 bits per heavy atom. The van der Waals surface area contributed by atoms with Crippen LogP contribution in [0.3, 0.4) is 0 Å². The van der Waals surface area contributed by atoms with Crippen LogP contribution < -0.4 is 0 Å². The number of hydrogen-bond donors (Lipinski definition) is 12. The Labute approximate surface area is 378 Å². The van der Waals surface area contributed by atoms with Crippen LogP contribution in [0.25, 0.3) is 0 Å². The molecule has 0 atom stereocenters. The third-order valence-electron chi connectivity index (χ3n) is 9.59. The quantitative estimate of drug-likeness (QED) is 0.0187. The molecule has 0 unspecified atom stereocenters. The average molecular weight is 903 g/mol. The first-order valence-electron chi connectivity index (χ1n) is 24.4. The van der Waals surface area contributed by atoms with Gasteiger partial charge in [-0.3, -0.25) is 4.79 Å². The highest BCUT2D eigenvalue weighted by Gasteiger charge is 2.03. The van der Waals surface area contributed by atoms with Gasteiger partial charge in [0.25, 0.3) is 0 Å². The number of aliphatic hydroxyl groups is 12. The van der Waals surface area contributed by atoms with Crippen molar-refractivity contribution in [2.45, 2.75) is 231 Å². The summed E-state index contributed by atoms with van der Waals surface area (Å²) in [7, 11) is 0. The van der Waals surface area contributed by atoms with Crippen molar-refractivity contribution in [1.29, 1.82) is 0 Å². The highest BCUT2D eigenvalue weighted by atomic mass is 16.5. The SMILES string of the molecule is CCCCCCCCC=CCCCCCCCCOC(=O)CCCCCCCCCCCCCCCCC.OCC(O)CO.OCC(O)CO.OCC(O)CO.OCC(O)CO. The summed E-state index contributed by atoms with van der Waals surface area (Å²) < 4.78 is 5.43. The number of ether oxygens (including phenoxy) is 1. The first kappa shape index (κ1) is 69.8. The number of esters is 1. The van der Waals surface area contributed by atoms with Gasteiger partial charge >= 0.3 is 5.97 Å². The van der Waals surface area contributed by atoms with Crippen molar-refractivity contribution in [3.05, 3.63) is 12.2 Å². The molecule has 12 N–H and O–H groups in total. The predicted molar refractivity (Wildman–Crippen MR) is 251 cm³/mol. The van der Waals surface area contributed by atoms with Gasteiger partial charge in [0.1, 0.15) is 24.4 Å². The summed E-state index contributed by atoms with van der Waals surface area (Å²) in [5.74, 6) is 0.0208. The van der Waals surface area contributed by atoms with Crippen LogP contribution in [0.2, 0.25) is 0 Å². The second-order valence-electron chi connectivity index (χ2n) is 15.9. The molecule has 0 aliphatic carbocycles. The Morgan fingerprint density at radius 2 is 0.581 bits per heavy atom. The Kier molecular flexibility index (Phi) is 74.6. The normalized spacial score (nSPS) is 10.9. The molecular formula is C48H102O14. The van der Waals surface area contributed by atoms with Gasteiger partial charge in [-0.2, -0.15) is 0 Å². The monoisotopic (exact) mass is 903 g/mol. The van der Waals surface area contributed by atoms with Gasteiger partial charge in [0.2, 0.25) is 0 Å². The van der Waals surface area contributed by atoms with Gasteiger partial charge in [-0.25, -0.2) is 0 Å². The van der Waals surface area contributed by atoms with Crippen LogP contribution >= 0.6 is 0 Å². The van der Waals surface area contributed by atoms with Crippen LogP contribution in [0.1, 0.15) is 206 Å². The second-order valence-corrected chi connectivity index (χ2v) is 15.9. The number of unbranched alkanes of at least 4 members (excludes halogenated alkanes) is 26. The lowest BCUT2D eigenvalue weighted by Crippen LogP contribution is -2.15. The third kappa shape index (κ3) is 76.1. The van der Waals surface area contributed by atoms with E-state index in [1.807, 2.05) is 0 Å². The molecule has 14 nitrogen and oxygen atoms in total. The summed E-state index contributed by atoms with van der Waals surface area (Å²) in [4.78, 5) is 11.9. The molecular weight excluding hydrogens is 801 g/mol. The molecule has 0 aromatic carbocycles. The molecule has 0 aliphatic rings. The summed E-state index contributed by atoms with van der Waals surface area (Å²) >= 11 is 0. The smallest absolute Gasteiger partial charge is 0.305 e. The van der Waals surface area contributed by atoms with E-state index >= 15 is 0 Å². The van der Waals surface area contributed by atoms with Crippen LogP contribution in [0.5, 0.6) is 0 Å². The molecule has 0 spiro atoms. The van der Waals surface area contributed by atoms with E-state index in [0.29, 0.717) is 13.0 Å². The van der Waals surface area contributed by atoms with Crippen LogP contribution in [0.4, 0.5) is 0 Å². The number of allylic oxidation sites excluding steroid dienone is 2. The van der Waals surface area contributed by atoms with Gasteiger partial charge in [0, 0.05) is 6.42 Å². The minimum Gasteiger partial charge on any atom is -0.466 e. The molecule has 0 saturated heterocycles.